The van der Waals surface area contributed by atoms with E-state index in [0.29, 0.717) is 5.69 Å². The van der Waals surface area contributed by atoms with E-state index in [9.17, 15) is 0 Å². The third-order valence-electron chi connectivity index (χ3n) is 2.15. The Balaban J connectivity index is 3.16. The minimum Gasteiger partial charge on any atom is -0.398 e. The monoisotopic (exact) mass is 180 g/mol. The lowest BCUT2D eigenvalue weighted by molar-refractivity contribution is 0.210. The minimum absolute atomic E-state index is 0.111. The summed E-state index contributed by atoms with van der Waals surface area (Å²) in [4.78, 5) is 0. The third-order valence-corrected chi connectivity index (χ3v) is 2.15. The van der Waals surface area contributed by atoms with Gasteiger partial charge in [-0.3, -0.25) is 0 Å². The number of hydrogen-bond donors (Lipinski definition) is 3. The maximum absolute atomic E-state index is 9.06. The summed E-state index contributed by atoms with van der Waals surface area (Å²) >= 11 is 0. The van der Waals surface area contributed by atoms with Gasteiger partial charge in [-0.05, 0) is 31.0 Å². The molecule has 0 aliphatic carbocycles. The summed E-state index contributed by atoms with van der Waals surface area (Å²) < 4.78 is 0. The average Bonchev–Trinajstić information content (AvgIpc) is 2.03. The van der Waals surface area contributed by atoms with E-state index in [2.05, 4.69) is 0 Å². The van der Waals surface area contributed by atoms with Crippen molar-refractivity contribution in [2.24, 2.45) is 5.73 Å². The quantitative estimate of drug-likeness (QED) is 0.588. The predicted molar refractivity (Wildman–Crippen MR) is 54.2 cm³/mol. The van der Waals surface area contributed by atoms with Crippen molar-refractivity contribution in [2.45, 2.75) is 19.4 Å². The molecular weight excluding hydrogens is 164 g/mol. The fourth-order valence-corrected chi connectivity index (χ4v) is 1.29. The fourth-order valence-electron chi connectivity index (χ4n) is 1.29. The van der Waals surface area contributed by atoms with Gasteiger partial charge in [0.1, 0.15) is 0 Å². The Labute approximate surface area is 78.4 Å². The highest BCUT2D eigenvalue weighted by Gasteiger charge is 2.22. The molecule has 0 amide bonds. The van der Waals surface area contributed by atoms with Crippen LogP contribution in [0.3, 0.4) is 0 Å². The summed E-state index contributed by atoms with van der Waals surface area (Å²) in [5, 5.41) is 9.06. The van der Waals surface area contributed by atoms with Crippen molar-refractivity contribution in [3.63, 3.8) is 0 Å². The zero-order valence-corrected chi connectivity index (χ0v) is 8.04. The standard InChI is InChI=1S/C10H16N2O/c1-7-3-4-8(9(11)5-7)10(2,12)6-13/h3-5,13H,6,11-12H2,1-2H3/t10-/m0/s1. The fraction of sp³-hybridized carbons (Fsp3) is 0.400. The van der Waals surface area contributed by atoms with Gasteiger partial charge in [0.15, 0.2) is 0 Å². The molecule has 1 rings (SSSR count). The van der Waals surface area contributed by atoms with E-state index < -0.39 is 5.54 Å². The summed E-state index contributed by atoms with van der Waals surface area (Å²) in [6.07, 6.45) is 0. The van der Waals surface area contributed by atoms with E-state index >= 15 is 0 Å². The smallest absolute Gasteiger partial charge is 0.0651 e. The Hall–Kier alpha value is -1.06. The zero-order valence-electron chi connectivity index (χ0n) is 8.04. The van der Waals surface area contributed by atoms with Crippen molar-refractivity contribution in [3.05, 3.63) is 29.3 Å². The molecule has 0 unspecified atom stereocenters. The van der Waals surface area contributed by atoms with E-state index in [-0.39, 0.29) is 6.61 Å². The average molecular weight is 180 g/mol. The lowest BCUT2D eigenvalue weighted by atomic mass is 9.92. The van der Waals surface area contributed by atoms with Gasteiger partial charge in [0, 0.05) is 5.69 Å². The van der Waals surface area contributed by atoms with Crippen LogP contribution >= 0.6 is 0 Å². The molecule has 0 heterocycles. The predicted octanol–water partition coefficient (Wildman–Crippen LogP) is 0.743. The number of aryl methyl sites for hydroxylation is 1. The second kappa shape index (κ2) is 3.36. The molecule has 0 aliphatic heterocycles. The molecule has 0 bridgehead atoms. The Morgan fingerprint density at radius 3 is 2.54 bits per heavy atom. The van der Waals surface area contributed by atoms with E-state index in [1.807, 2.05) is 25.1 Å². The van der Waals surface area contributed by atoms with Crippen molar-refractivity contribution in [3.8, 4) is 0 Å². The van der Waals surface area contributed by atoms with Crippen LogP contribution in [0.15, 0.2) is 18.2 Å². The zero-order chi connectivity index (χ0) is 10.1. The Morgan fingerprint density at radius 1 is 1.46 bits per heavy atom. The van der Waals surface area contributed by atoms with Gasteiger partial charge < -0.3 is 16.6 Å². The van der Waals surface area contributed by atoms with Crippen LogP contribution in [0.4, 0.5) is 5.69 Å². The molecule has 0 fully saturated rings. The number of nitrogen functional groups attached to an aromatic ring is 1. The van der Waals surface area contributed by atoms with Crippen molar-refractivity contribution in [1.29, 1.82) is 0 Å². The number of nitrogens with two attached hydrogens (primary N) is 2. The third kappa shape index (κ3) is 1.99. The normalized spacial score (nSPS) is 15.4. The maximum Gasteiger partial charge on any atom is 0.0651 e. The first-order valence-electron chi connectivity index (χ1n) is 4.24. The topological polar surface area (TPSA) is 72.3 Å². The minimum atomic E-state index is -0.752. The van der Waals surface area contributed by atoms with Gasteiger partial charge >= 0.3 is 0 Å². The van der Waals surface area contributed by atoms with E-state index in [4.69, 9.17) is 16.6 Å². The van der Waals surface area contributed by atoms with E-state index in [0.717, 1.165) is 11.1 Å². The summed E-state index contributed by atoms with van der Waals surface area (Å²) in [7, 11) is 0. The molecule has 72 valence electrons. The van der Waals surface area contributed by atoms with Crippen molar-refractivity contribution < 1.29 is 5.11 Å². The molecule has 3 heteroatoms. The van der Waals surface area contributed by atoms with Gasteiger partial charge in [-0.15, -0.1) is 0 Å². The second-order valence-electron chi connectivity index (χ2n) is 3.67. The van der Waals surface area contributed by atoms with Crippen molar-refractivity contribution in [2.75, 3.05) is 12.3 Å². The Morgan fingerprint density at radius 2 is 2.08 bits per heavy atom. The second-order valence-corrected chi connectivity index (χ2v) is 3.67. The van der Waals surface area contributed by atoms with Crippen LogP contribution in [0, 0.1) is 6.92 Å². The van der Waals surface area contributed by atoms with E-state index in [1.165, 1.54) is 0 Å². The largest absolute Gasteiger partial charge is 0.398 e. The van der Waals surface area contributed by atoms with Crippen LogP contribution in [0.1, 0.15) is 18.1 Å². The van der Waals surface area contributed by atoms with Crippen molar-refractivity contribution >= 4 is 5.69 Å². The van der Waals surface area contributed by atoms with Gasteiger partial charge in [0.2, 0.25) is 0 Å². The molecule has 1 aromatic carbocycles. The molecule has 0 aliphatic rings. The number of benzene rings is 1. The highest BCUT2D eigenvalue weighted by atomic mass is 16.3. The van der Waals surface area contributed by atoms with Gasteiger partial charge in [-0.25, -0.2) is 0 Å². The SMILES string of the molecule is Cc1ccc([C@@](C)(N)CO)c(N)c1. The number of aliphatic hydroxyl groups excluding tert-OH is 1. The molecule has 0 spiro atoms. The number of aliphatic hydroxyl groups is 1. The first kappa shape index (κ1) is 10.0. The van der Waals surface area contributed by atoms with Crippen LogP contribution in [0.5, 0.6) is 0 Å². The first-order chi connectivity index (χ1) is 5.97. The number of hydrogen-bond acceptors (Lipinski definition) is 3. The van der Waals surface area contributed by atoms with Gasteiger partial charge in [-0.1, -0.05) is 12.1 Å². The maximum atomic E-state index is 9.06. The number of anilines is 1. The van der Waals surface area contributed by atoms with Crippen LogP contribution in [-0.2, 0) is 5.54 Å². The van der Waals surface area contributed by atoms with Crippen LogP contribution in [0.25, 0.3) is 0 Å². The van der Waals surface area contributed by atoms with Crippen LogP contribution in [-0.4, -0.2) is 11.7 Å². The Bertz CT molecular complexity index is 308. The molecule has 0 radical (unpaired) electrons. The molecule has 13 heavy (non-hydrogen) atoms. The molecule has 5 N–H and O–H groups in total. The summed E-state index contributed by atoms with van der Waals surface area (Å²) in [6.45, 7) is 3.61. The molecule has 1 atom stereocenters. The highest BCUT2D eigenvalue weighted by Crippen LogP contribution is 2.24. The van der Waals surface area contributed by atoms with Gasteiger partial charge in [0.05, 0.1) is 12.1 Å². The van der Waals surface area contributed by atoms with E-state index in [1.54, 1.807) is 6.92 Å². The molecule has 0 saturated heterocycles. The summed E-state index contributed by atoms with van der Waals surface area (Å²) in [5.74, 6) is 0. The summed E-state index contributed by atoms with van der Waals surface area (Å²) in [5.41, 5.74) is 13.4. The van der Waals surface area contributed by atoms with Crippen molar-refractivity contribution in [1.82, 2.24) is 0 Å². The van der Waals surface area contributed by atoms with Crippen LogP contribution in [0.2, 0.25) is 0 Å². The van der Waals surface area contributed by atoms with Crippen LogP contribution < -0.4 is 11.5 Å². The molecule has 1 aromatic rings. The number of rotatable bonds is 2. The summed E-state index contributed by atoms with van der Waals surface area (Å²) in [6, 6.07) is 5.66. The lowest BCUT2D eigenvalue weighted by Crippen LogP contribution is -2.37. The van der Waals surface area contributed by atoms with Gasteiger partial charge in [-0.2, -0.15) is 0 Å². The molecule has 3 nitrogen and oxygen atoms in total. The Kier molecular flexibility index (Phi) is 2.59. The molecular formula is C10H16N2O. The lowest BCUT2D eigenvalue weighted by Gasteiger charge is -2.24. The first-order valence-corrected chi connectivity index (χ1v) is 4.24. The molecule has 0 saturated carbocycles. The highest BCUT2D eigenvalue weighted by molar-refractivity contribution is 5.52. The van der Waals surface area contributed by atoms with Gasteiger partial charge in [0.25, 0.3) is 0 Å². The molecule has 0 aromatic heterocycles.